The number of rotatable bonds is 14. The molecule has 0 saturated heterocycles. The lowest BCUT2D eigenvalue weighted by Crippen LogP contribution is -2.55. The fraction of sp³-hybridized carbons (Fsp3) is 0.375. The Labute approximate surface area is 207 Å². The van der Waals surface area contributed by atoms with Crippen molar-refractivity contribution in [3.05, 3.63) is 48.0 Å². The van der Waals surface area contributed by atoms with Crippen molar-refractivity contribution in [2.75, 3.05) is 6.54 Å². The number of nitrogens with two attached hydrogens (primary N) is 2. The molecule has 0 unspecified atom stereocenters. The fourth-order valence-electron chi connectivity index (χ4n) is 3.64. The third-order valence-electron chi connectivity index (χ3n) is 5.53. The largest absolute Gasteiger partial charge is 0.481 e. The summed E-state index contributed by atoms with van der Waals surface area (Å²) < 4.78 is 0. The molecule has 12 nitrogen and oxygen atoms in total. The first-order valence-electron chi connectivity index (χ1n) is 11.4. The summed E-state index contributed by atoms with van der Waals surface area (Å²) in [5.74, 6) is -4.00. The Morgan fingerprint density at radius 2 is 1.53 bits per heavy atom. The molecule has 9 N–H and O–H groups in total. The Kier molecular flexibility index (Phi) is 10.6. The molecular formula is C24H31N5O7. The highest BCUT2D eigenvalue weighted by Crippen LogP contribution is 2.20. The first kappa shape index (κ1) is 28.1. The van der Waals surface area contributed by atoms with Crippen molar-refractivity contribution in [3.63, 3.8) is 0 Å². The van der Waals surface area contributed by atoms with Crippen LogP contribution >= 0.6 is 0 Å². The van der Waals surface area contributed by atoms with Gasteiger partial charge in [0.05, 0.1) is 6.04 Å². The van der Waals surface area contributed by atoms with Gasteiger partial charge in [-0.3, -0.25) is 14.4 Å². The number of carboxylic acid groups (broad SMARTS) is 2. The highest BCUT2D eigenvalue weighted by atomic mass is 16.4. The SMILES string of the molecule is NC(=O)NCCC[C@H](N)C(=O)N[C@@H](Cc1cccc2ccccc12)C(=O)N[C@@H](CCC(=O)O)C(=O)O. The number of hydrogen-bond donors (Lipinski definition) is 7. The predicted octanol–water partition coefficient (Wildman–Crippen LogP) is 0.0771. The monoisotopic (exact) mass is 501 g/mol. The summed E-state index contributed by atoms with van der Waals surface area (Å²) in [4.78, 5) is 59.1. The van der Waals surface area contributed by atoms with Crippen LogP contribution in [0.1, 0.15) is 31.2 Å². The lowest BCUT2D eigenvalue weighted by molar-refractivity contribution is -0.143. The molecule has 0 heterocycles. The van der Waals surface area contributed by atoms with E-state index in [9.17, 15) is 29.1 Å². The molecule has 0 aliphatic carbocycles. The van der Waals surface area contributed by atoms with Crippen LogP contribution in [0.4, 0.5) is 4.79 Å². The average molecular weight is 502 g/mol. The zero-order chi connectivity index (χ0) is 26.7. The van der Waals surface area contributed by atoms with Crippen LogP contribution in [0.25, 0.3) is 10.8 Å². The summed E-state index contributed by atoms with van der Waals surface area (Å²) in [7, 11) is 0. The zero-order valence-electron chi connectivity index (χ0n) is 19.6. The fourth-order valence-corrected chi connectivity index (χ4v) is 3.64. The molecule has 0 saturated carbocycles. The number of benzene rings is 2. The molecule has 194 valence electrons. The molecule has 0 radical (unpaired) electrons. The van der Waals surface area contributed by atoms with Gasteiger partial charge in [0.25, 0.3) is 0 Å². The van der Waals surface area contributed by atoms with Crippen molar-refractivity contribution < 1.29 is 34.2 Å². The van der Waals surface area contributed by atoms with Crippen molar-refractivity contribution in [1.82, 2.24) is 16.0 Å². The lowest BCUT2D eigenvalue weighted by Gasteiger charge is -2.23. The molecule has 0 bridgehead atoms. The number of nitrogens with one attached hydrogen (secondary N) is 3. The maximum atomic E-state index is 13.1. The van der Waals surface area contributed by atoms with Crippen molar-refractivity contribution in [2.24, 2.45) is 11.5 Å². The molecular weight excluding hydrogens is 470 g/mol. The molecule has 0 aliphatic heterocycles. The number of primary amides is 1. The first-order chi connectivity index (χ1) is 17.1. The summed E-state index contributed by atoms with van der Waals surface area (Å²) in [6.45, 7) is 0.222. The number of hydrogen-bond acceptors (Lipinski definition) is 6. The van der Waals surface area contributed by atoms with Crippen molar-refractivity contribution >= 4 is 40.6 Å². The highest BCUT2D eigenvalue weighted by Gasteiger charge is 2.29. The molecule has 2 rings (SSSR count). The summed E-state index contributed by atoms with van der Waals surface area (Å²) >= 11 is 0. The molecule has 2 aromatic rings. The van der Waals surface area contributed by atoms with Gasteiger partial charge in [-0.25, -0.2) is 9.59 Å². The van der Waals surface area contributed by atoms with Gasteiger partial charge in [-0.05, 0) is 35.6 Å². The summed E-state index contributed by atoms with van der Waals surface area (Å²) in [6, 6.07) is 8.64. The van der Waals surface area contributed by atoms with Gasteiger partial charge in [0.15, 0.2) is 0 Å². The third kappa shape index (κ3) is 8.87. The van der Waals surface area contributed by atoms with Gasteiger partial charge >= 0.3 is 18.0 Å². The lowest BCUT2D eigenvalue weighted by atomic mass is 9.97. The van der Waals surface area contributed by atoms with Crippen LogP contribution in [0.2, 0.25) is 0 Å². The second kappa shape index (κ2) is 13.6. The number of carbonyl (C=O) groups is 5. The van der Waals surface area contributed by atoms with Gasteiger partial charge in [0, 0.05) is 19.4 Å². The van der Waals surface area contributed by atoms with Crippen molar-refractivity contribution in [3.8, 4) is 0 Å². The summed E-state index contributed by atoms with van der Waals surface area (Å²) in [5, 5.41) is 27.4. The number of aliphatic carboxylic acids is 2. The Hall–Kier alpha value is -4.19. The standard InChI is InChI=1S/C24H31N5O7/c25-17(9-4-12-27-24(26)36)21(32)29-19(22(33)28-18(23(34)35)10-11-20(30)31)13-15-7-3-6-14-5-1-2-8-16(14)15/h1-3,5-8,17-19H,4,9-13,25H2,(H,28,33)(H,29,32)(H,30,31)(H,34,35)(H3,26,27,36)/t17-,18-,19-/m0/s1. The van der Waals surface area contributed by atoms with E-state index in [1.54, 1.807) is 12.1 Å². The minimum atomic E-state index is -1.45. The van der Waals surface area contributed by atoms with E-state index in [2.05, 4.69) is 16.0 Å². The number of amides is 4. The van der Waals surface area contributed by atoms with E-state index in [-0.39, 0.29) is 25.8 Å². The van der Waals surface area contributed by atoms with E-state index in [4.69, 9.17) is 16.6 Å². The van der Waals surface area contributed by atoms with E-state index >= 15 is 0 Å². The number of carbonyl (C=O) groups excluding carboxylic acids is 3. The van der Waals surface area contributed by atoms with Crippen molar-refractivity contribution in [2.45, 2.75) is 50.2 Å². The Morgan fingerprint density at radius 3 is 2.19 bits per heavy atom. The van der Waals surface area contributed by atoms with Gasteiger partial charge in [-0.2, -0.15) is 0 Å². The van der Waals surface area contributed by atoms with Gasteiger partial charge in [-0.1, -0.05) is 42.5 Å². The van der Waals surface area contributed by atoms with Crippen LogP contribution in [0.3, 0.4) is 0 Å². The molecule has 0 aromatic heterocycles. The van der Waals surface area contributed by atoms with E-state index in [0.717, 1.165) is 16.3 Å². The average Bonchev–Trinajstić information content (AvgIpc) is 2.83. The first-order valence-corrected chi connectivity index (χ1v) is 11.4. The van der Waals surface area contributed by atoms with E-state index in [1.807, 2.05) is 30.3 Å². The van der Waals surface area contributed by atoms with Crippen LogP contribution in [-0.2, 0) is 25.6 Å². The minimum absolute atomic E-state index is 0.0418. The normalized spacial score (nSPS) is 13.2. The maximum absolute atomic E-state index is 13.1. The van der Waals surface area contributed by atoms with Crippen LogP contribution < -0.4 is 27.4 Å². The Balaban J connectivity index is 2.20. The summed E-state index contributed by atoms with van der Waals surface area (Å²) in [5.41, 5.74) is 11.7. The maximum Gasteiger partial charge on any atom is 0.326 e. The van der Waals surface area contributed by atoms with E-state index < -0.39 is 54.3 Å². The Morgan fingerprint density at radius 1 is 0.861 bits per heavy atom. The molecule has 3 atom stereocenters. The van der Waals surface area contributed by atoms with Crippen LogP contribution in [0.5, 0.6) is 0 Å². The van der Waals surface area contributed by atoms with Crippen molar-refractivity contribution in [1.29, 1.82) is 0 Å². The molecule has 0 fully saturated rings. The van der Waals surface area contributed by atoms with Gasteiger partial charge in [-0.15, -0.1) is 0 Å². The van der Waals surface area contributed by atoms with Gasteiger partial charge in [0.1, 0.15) is 12.1 Å². The van der Waals surface area contributed by atoms with E-state index in [0.29, 0.717) is 6.42 Å². The molecule has 4 amide bonds. The van der Waals surface area contributed by atoms with Gasteiger partial charge in [0.2, 0.25) is 11.8 Å². The van der Waals surface area contributed by atoms with Crippen LogP contribution in [-0.4, -0.2) is 64.7 Å². The smallest absolute Gasteiger partial charge is 0.326 e. The topological polar surface area (TPSA) is 214 Å². The highest BCUT2D eigenvalue weighted by molar-refractivity contribution is 5.93. The molecule has 0 spiro atoms. The number of fused-ring (bicyclic) bond motifs is 1. The van der Waals surface area contributed by atoms with Crippen LogP contribution in [0, 0.1) is 0 Å². The second-order valence-electron chi connectivity index (χ2n) is 8.28. The zero-order valence-corrected chi connectivity index (χ0v) is 19.6. The number of urea groups is 1. The van der Waals surface area contributed by atoms with Gasteiger partial charge < -0.3 is 37.6 Å². The van der Waals surface area contributed by atoms with Crippen LogP contribution in [0.15, 0.2) is 42.5 Å². The summed E-state index contributed by atoms with van der Waals surface area (Å²) in [6.07, 6.45) is -0.168. The molecule has 0 aliphatic rings. The Bertz CT molecular complexity index is 1100. The second-order valence-corrected chi connectivity index (χ2v) is 8.28. The molecule has 36 heavy (non-hydrogen) atoms. The molecule has 12 heteroatoms. The van der Waals surface area contributed by atoms with E-state index in [1.165, 1.54) is 0 Å². The quantitative estimate of drug-likeness (QED) is 0.176. The number of carboxylic acids is 2. The minimum Gasteiger partial charge on any atom is -0.481 e. The predicted molar refractivity (Wildman–Crippen MR) is 131 cm³/mol. The third-order valence-corrected chi connectivity index (χ3v) is 5.53. The molecule has 2 aromatic carbocycles.